The van der Waals surface area contributed by atoms with Crippen LogP contribution in [0.15, 0.2) is 47.5 Å². The Bertz CT molecular complexity index is 902. The summed E-state index contributed by atoms with van der Waals surface area (Å²) < 4.78 is 0. The highest BCUT2D eigenvalue weighted by Crippen LogP contribution is 2.27. The SMILES string of the molecule is CC1=c2cc(C(=O)NC(CC(C)C)c3ccccc3Cl)ccc2=N1. The van der Waals surface area contributed by atoms with Gasteiger partial charge in [-0.15, -0.1) is 0 Å². The van der Waals surface area contributed by atoms with Crippen molar-refractivity contribution in [3.8, 4) is 0 Å². The molecule has 1 aliphatic rings. The van der Waals surface area contributed by atoms with Gasteiger partial charge in [0.1, 0.15) is 0 Å². The van der Waals surface area contributed by atoms with Gasteiger partial charge in [-0.3, -0.25) is 9.79 Å². The van der Waals surface area contributed by atoms with E-state index in [1.54, 1.807) is 0 Å². The number of benzene rings is 2. The molecule has 0 spiro atoms. The van der Waals surface area contributed by atoms with Gasteiger partial charge in [0.25, 0.3) is 5.91 Å². The lowest BCUT2D eigenvalue weighted by molar-refractivity contribution is 0.0932. The minimum atomic E-state index is -0.105. The Morgan fingerprint density at radius 1 is 1.21 bits per heavy atom. The standard InChI is InChI=1S/C20H21ClN2O/c1-12(2)10-19(15-6-4-5-7-17(15)21)23-20(24)14-8-9-18-16(11-14)13(3)22-18/h4-9,11-12,19H,10H2,1-3H3,(H,23,24). The van der Waals surface area contributed by atoms with E-state index < -0.39 is 0 Å². The quantitative estimate of drug-likeness (QED) is 0.887. The first-order chi connectivity index (χ1) is 11.5. The number of halogens is 1. The van der Waals surface area contributed by atoms with Gasteiger partial charge in [0, 0.05) is 21.5 Å². The lowest BCUT2D eigenvalue weighted by Crippen LogP contribution is -2.36. The number of fused-ring (bicyclic) bond motifs is 1. The summed E-state index contributed by atoms with van der Waals surface area (Å²) >= 11 is 6.34. The molecule has 1 heterocycles. The molecule has 2 aromatic rings. The average Bonchev–Trinajstić information content (AvgIpc) is 2.53. The summed E-state index contributed by atoms with van der Waals surface area (Å²) in [5, 5.41) is 5.84. The van der Waals surface area contributed by atoms with Gasteiger partial charge < -0.3 is 5.32 Å². The second-order valence-electron chi connectivity index (χ2n) is 6.61. The molecule has 1 unspecified atom stereocenters. The van der Waals surface area contributed by atoms with Gasteiger partial charge >= 0.3 is 0 Å². The first kappa shape index (κ1) is 16.7. The predicted molar refractivity (Wildman–Crippen MR) is 97.4 cm³/mol. The van der Waals surface area contributed by atoms with Crippen LogP contribution in [0.5, 0.6) is 0 Å². The maximum Gasteiger partial charge on any atom is 0.251 e. The highest BCUT2D eigenvalue weighted by molar-refractivity contribution is 6.31. The zero-order valence-electron chi connectivity index (χ0n) is 14.1. The van der Waals surface area contributed by atoms with Crippen LogP contribution < -0.4 is 15.9 Å². The molecule has 3 nitrogen and oxygen atoms in total. The van der Waals surface area contributed by atoms with E-state index in [1.807, 2.05) is 49.4 Å². The molecule has 1 atom stereocenters. The fourth-order valence-electron chi connectivity index (χ4n) is 2.99. The number of carbonyl (C=O) groups is 1. The topological polar surface area (TPSA) is 41.5 Å². The van der Waals surface area contributed by atoms with Gasteiger partial charge in [-0.05, 0) is 49.1 Å². The first-order valence-electron chi connectivity index (χ1n) is 8.20. The van der Waals surface area contributed by atoms with Gasteiger partial charge in [0.2, 0.25) is 0 Å². The van der Waals surface area contributed by atoms with Crippen molar-refractivity contribution in [2.75, 3.05) is 0 Å². The van der Waals surface area contributed by atoms with Crippen molar-refractivity contribution < 1.29 is 4.79 Å². The van der Waals surface area contributed by atoms with Crippen molar-refractivity contribution in [2.45, 2.75) is 33.2 Å². The molecule has 2 aromatic carbocycles. The lowest BCUT2D eigenvalue weighted by atomic mass is 9.96. The second-order valence-corrected chi connectivity index (χ2v) is 7.01. The van der Waals surface area contributed by atoms with Crippen LogP contribution in [0.3, 0.4) is 0 Å². The smallest absolute Gasteiger partial charge is 0.251 e. The first-order valence-corrected chi connectivity index (χ1v) is 8.58. The molecule has 0 fully saturated rings. The van der Waals surface area contributed by atoms with Crippen LogP contribution in [0.2, 0.25) is 5.02 Å². The molecule has 1 aliphatic heterocycles. The maximum atomic E-state index is 12.7. The largest absolute Gasteiger partial charge is 0.345 e. The van der Waals surface area contributed by atoms with Crippen LogP contribution in [0, 0.1) is 5.92 Å². The molecule has 1 amide bonds. The molecule has 4 heteroatoms. The van der Waals surface area contributed by atoms with E-state index in [0.29, 0.717) is 16.5 Å². The molecular weight excluding hydrogens is 320 g/mol. The molecule has 0 saturated carbocycles. The number of hydrogen-bond acceptors (Lipinski definition) is 2. The molecule has 0 aliphatic carbocycles. The third-order valence-electron chi connectivity index (χ3n) is 4.23. The fourth-order valence-corrected chi connectivity index (χ4v) is 3.25. The summed E-state index contributed by atoms with van der Waals surface area (Å²) in [6.07, 6.45) is 0.834. The van der Waals surface area contributed by atoms with Gasteiger partial charge in [0.05, 0.1) is 11.4 Å². The van der Waals surface area contributed by atoms with Gasteiger partial charge in [0.15, 0.2) is 0 Å². The van der Waals surface area contributed by atoms with Crippen LogP contribution in [0.1, 0.15) is 49.2 Å². The predicted octanol–water partition coefficient (Wildman–Crippen LogP) is 3.62. The van der Waals surface area contributed by atoms with Crippen LogP contribution in [0.25, 0.3) is 5.70 Å². The van der Waals surface area contributed by atoms with E-state index in [-0.39, 0.29) is 11.9 Å². The van der Waals surface area contributed by atoms with Crippen molar-refractivity contribution in [3.63, 3.8) is 0 Å². The van der Waals surface area contributed by atoms with E-state index in [0.717, 1.165) is 28.3 Å². The Labute approximate surface area is 147 Å². The maximum absolute atomic E-state index is 12.7. The minimum Gasteiger partial charge on any atom is -0.345 e. The zero-order chi connectivity index (χ0) is 17.3. The van der Waals surface area contributed by atoms with Crippen molar-refractivity contribution in [1.82, 2.24) is 5.32 Å². The second kappa shape index (κ2) is 6.78. The number of carbonyl (C=O) groups excluding carboxylic acids is 1. The van der Waals surface area contributed by atoms with Crippen LogP contribution in [0.4, 0.5) is 0 Å². The minimum absolute atomic E-state index is 0.0805. The Kier molecular flexibility index (Phi) is 4.72. The monoisotopic (exact) mass is 340 g/mol. The molecule has 124 valence electrons. The molecule has 3 rings (SSSR count). The number of nitrogens with one attached hydrogen (secondary N) is 1. The van der Waals surface area contributed by atoms with Crippen molar-refractivity contribution in [1.29, 1.82) is 0 Å². The third kappa shape index (κ3) is 3.36. The summed E-state index contributed by atoms with van der Waals surface area (Å²) in [6.45, 7) is 6.23. The molecular formula is C20H21ClN2O. The molecule has 0 saturated heterocycles. The fraction of sp³-hybridized carbons (Fsp3) is 0.300. The van der Waals surface area contributed by atoms with E-state index in [2.05, 4.69) is 24.2 Å². The number of hydrogen-bond donors (Lipinski definition) is 1. The van der Waals surface area contributed by atoms with Gasteiger partial charge in [-0.1, -0.05) is 43.6 Å². The summed E-state index contributed by atoms with van der Waals surface area (Å²) in [5.41, 5.74) is 2.59. The molecule has 0 aromatic heterocycles. The lowest BCUT2D eigenvalue weighted by Gasteiger charge is -2.22. The zero-order valence-corrected chi connectivity index (χ0v) is 14.9. The summed E-state index contributed by atoms with van der Waals surface area (Å²) in [5.74, 6) is 0.362. The molecule has 0 bridgehead atoms. The van der Waals surface area contributed by atoms with E-state index in [4.69, 9.17) is 11.6 Å². The number of amides is 1. The highest BCUT2D eigenvalue weighted by Gasteiger charge is 2.19. The molecule has 1 N–H and O–H groups in total. The Balaban J connectivity index is 1.86. The van der Waals surface area contributed by atoms with Crippen LogP contribution in [-0.2, 0) is 0 Å². The van der Waals surface area contributed by atoms with Crippen LogP contribution >= 0.6 is 11.6 Å². The molecule has 24 heavy (non-hydrogen) atoms. The Hall–Kier alpha value is -2.13. The van der Waals surface area contributed by atoms with E-state index in [9.17, 15) is 4.79 Å². The van der Waals surface area contributed by atoms with Crippen molar-refractivity contribution >= 4 is 23.2 Å². The van der Waals surface area contributed by atoms with Crippen molar-refractivity contribution in [2.24, 2.45) is 10.9 Å². The summed E-state index contributed by atoms with van der Waals surface area (Å²) in [4.78, 5) is 17.0. The van der Waals surface area contributed by atoms with E-state index >= 15 is 0 Å². The Morgan fingerprint density at radius 3 is 2.62 bits per heavy atom. The van der Waals surface area contributed by atoms with Crippen LogP contribution in [-0.4, -0.2) is 5.91 Å². The van der Waals surface area contributed by atoms with Gasteiger partial charge in [-0.2, -0.15) is 0 Å². The normalized spacial score (nSPS) is 13.8. The summed E-state index contributed by atoms with van der Waals surface area (Å²) in [7, 11) is 0. The average molecular weight is 341 g/mol. The molecule has 0 radical (unpaired) electrons. The third-order valence-corrected chi connectivity index (χ3v) is 4.57. The summed E-state index contributed by atoms with van der Waals surface area (Å²) in [6, 6.07) is 13.2. The van der Waals surface area contributed by atoms with E-state index in [1.165, 1.54) is 0 Å². The van der Waals surface area contributed by atoms with Gasteiger partial charge in [-0.25, -0.2) is 0 Å². The number of nitrogens with zero attached hydrogens (tertiary/aromatic N) is 1. The highest BCUT2D eigenvalue weighted by atomic mass is 35.5. The Morgan fingerprint density at radius 2 is 1.96 bits per heavy atom. The number of rotatable bonds is 5. The van der Waals surface area contributed by atoms with Crippen molar-refractivity contribution in [3.05, 3.63) is 69.2 Å².